The van der Waals surface area contributed by atoms with Crippen molar-refractivity contribution in [2.24, 2.45) is 0 Å². The molecule has 1 atom stereocenters. The molecule has 0 spiro atoms. The van der Waals surface area contributed by atoms with Crippen LogP contribution in [0.1, 0.15) is 17.2 Å². The molecule has 1 heterocycles. The summed E-state index contributed by atoms with van der Waals surface area (Å²) in [4.78, 5) is 0. The van der Waals surface area contributed by atoms with E-state index in [-0.39, 0.29) is 6.61 Å². The van der Waals surface area contributed by atoms with Gasteiger partial charge in [-0.15, -0.1) is 0 Å². The number of rotatable bonds is 6. The molecule has 0 fully saturated rings. The second kappa shape index (κ2) is 7.01. The minimum Gasteiger partial charge on any atom is -0.394 e. The Balaban J connectivity index is 1.82. The van der Waals surface area contributed by atoms with E-state index < -0.39 is 0 Å². The topological polar surface area (TPSA) is 41.5 Å². The van der Waals surface area contributed by atoms with Crippen LogP contribution in [0, 0.1) is 0 Å². The van der Waals surface area contributed by atoms with Crippen LogP contribution in [0.5, 0.6) is 0 Å². The fourth-order valence-corrected chi connectivity index (χ4v) is 3.16. The number of thioether (sulfide) groups is 1. The molecule has 0 amide bonds. The van der Waals surface area contributed by atoms with Gasteiger partial charge in [0.05, 0.1) is 19.8 Å². The van der Waals surface area contributed by atoms with Crippen LogP contribution >= 0.6 is 11.8 Å². The zero-order valence-electron chi connectivity index (χ0n) is 9.89. The minimum absolute atomic E-state index is 0.0993. The Bertz CT molecular complexity index is 346. The summed E-state index contributed by atoms with van der Waals surface area (Å²) in [5.74, 6) is 2.24. The Morgan fingerprint density at radius 3 is 3.12 bits per heavy atom. The molecule has 1 aromatic rings. The van der Waals surface area contributed by atoms with Crippen LogP contribution in [0.15, 0.2) is 24.3 Å². The molecule has 2 rings (SSSR count). The van der Waals surface area contributed by atoms with Gasteiger partial charge in [0.15, 0.2) is 0 Å². The summed E-state index contributed by atoms with van der Waals surface area (Å²) in [5, 5.41) is 12.1. The summed E-state index contributed by atoms with van der Waals surface area (Å²) in [6.45, 7) is 2.02. The van der Waals surface area contributed by atoms with Crippen molar-refractivity contribution in [2.75, 3.05) is 32.1 Å². The van der Waals surface area contributed by atoms with E-state index in [0.29, 0.717) is 19.3 Å². The zero-order valence-corrected chi connectivity index (χ0v) is 10.7. The first-order chi connectivity index (χ1) is 8.42. The highest BCUT2D eigenvalue weighted by Crippen LogP contribution is 2.31. The maximum absolute atomic E-state index is 8.60. The van der Waals surface area contributed by atoms with Crippen LogP contribution in [0.4, 0.5) is 0 Å². The Morgan fingerprint density at radius 1 is 1.35 bits per heavy atom. The molecule has 0 saturated carbocycles. The van der Waals surface area contributed by atoms with Gasteiger partial charge < -0.3 is 15.2 Å². The van der Waals surface area contributed by atoms with E-state index in [9.17, 15) is 0 Å². The average molecular weight is 253 g/mol. The number of fused-ring (bicyclic) bond motifs is 1. The molecule has 0 aromatic heterocycles. The first-order valence-electron chi connectivity index (χ1n) is 5.99. The summed E-state index contributed by atoms with van der Waals surface area (Å²) >= 11 is 1.97. The fourth-order valence-electron chi connectivity index (χ4n) is 2.02. The second-order valence-electron chi connectivity index (χ2n) is 4.06. The molecule has 17 heavy (non-hydrogen) atoms. The van der Waals surface area contributed by atoms with E-state index in [0.717, 1.165) is 18.1 Å². The number of hydrogen-bond acceptors (Lipinski definition) is 4. The lowest BCUT2D eigenvalue weighted by atomic mass is 10.0. The molecule has 2 N–H and O–H groups in total. The second-order valence-corrected chi connectivity index (χ2v) is 5.09. The minimum atomic E-state index is 0.0993. The summed E-state index contributed by atoms with van der Waals surface area (Å²) in [5.41, 5.74) is 2.87. The number of aliphatic hydroxyl groups excluding tert-OH is 1. The molecule has 1 aliphatic rings. The summed E-state index contributed by atoms with van der Waals surface area (Å²) in [7, 11) is 0. The van der Waals surface area contributed by atoms with Crippen molar-refractivity contribution in [2.45, 2.75) is 11.8 Å². The van der Waals surface area contributed by atoms with Gasteiger partial charge in [-0.05, 0) is 11.1 Å². The monoisotopic (exact) mass is 253 g/mol. The van der Waals surface area contributed by atoms with Gasteiger partial charge in [-0.25, -0.2) is 0 Å². The third-order valence-electron chi connectivity index (χ3n) is 2.85. The van der Waals surface area contributed by atoms with Crippen molar-refractivity contribution in [1.29, 1.82) is 0 Å². The lowest BCUT2D eigenvalue weighted by Crippen LogP contribution is -2.29. The molecular formula is C13H19NO2S. The van der Waals surface area contributed by atoms with Gasteiger partial charge in [0, 0.05) is 24.1 Å². The van der Waals surface area contributed by atoms with Gasteiger partial charge in [-0.2, -0.15) is 11.8 Å². The normalized spacial score (nSPS) is 19.0. The Kier molecular flexibility index (Phi) is 5.32. The Hall–Kier alpha value is -0.550. The Labute approximate surface area is 107 Å². The third-order valence-corrected chi connectivity index (χ3v) is 3.93. The number of hydrogen-bond donors (Lipinski definition) is 2. The van der Waals surface area contributed by atoms with E-state index in [1.807, 2.05) is 11.8 Å². The van der Waals surface area contributed by atoms with Gasteiger partial charge in [-0.3, -0.25) is 0 Å². The van der Waals surface area contributed by atoms with Gasteiger partial charge in [0.25, 0.3) is 0 Å². The molecule has 0 radical (unpaired) electrons. The van der Waals surface area contributed by atoms with Gasteiger partial charge in [0.1, 0.15) is 0 Å². The van der Waals surface area contributed by atoms with Gasteiger partial charge in [0.2, 0.25) is 0 Å². The lowest BCUT2D eigenvalue weighted by molar-refractivity contribution is 0.0929. The fraction of sp³-hybridized carbons (Fsp3) is 0.538. The maximum atomic E-state index is 8.60. The molecule has 0 saturated heterocycles. The predicted octanol–water partition coefficient (Wildman–Crippen LogP) is 1.57. The van der Waals surface area contributed by atoms with Crippen molar-refractivity contribution in [3.05, 3.63) is 35.4 Å². The van der Waals surface area contributed by atoms with Crippen LogP contribution in [0.2, 0.25) is 0 Å². The van der Waals surface area contributed by atoms with Crippen molar-refractivity contribution in [3.63, 3.8) is 0 Å². The molecule has 1 aliphatic heterocycles. The molecule has 0 bridgehead atoms. The molecule has 0 aliphatic carbocycles. The lowest BCUT2D eigenvalue weighted by Gasteiger charge is -2.26. The molecule has 4 heteroatoms. The first-order valence-corrected chi connectivity index (χ1v) is 7.15. The number of aliphatic hydroxyl groups is 1. The summed E-state index contributed by atoms with van der Waals surface area (Å²) < 4.78 is 5.24. The third kappa shape index (κ3) is 3.71. The molecular weight excluding hydrogens is 234 g/mol. The standard InChI is InChI=1S/C13H19NO2S/c15-6-8-16-7-5-14-13-10-17-9-11-3-1-2-4-12(11)13/h1-4,13-15H,5-10H2. The summed E-state index contributed by atoms with van der Waals surface area (Å²) in [6.07, 6.45) is 0. The van der Waals surface area contributed by atoms with Crippen molar-refractivity contribution >= 4 is 11.8 Å². The van der Waals surface area contributed by atoms with E-state index in [1.165, 1.54) is 11.1 Å². The quantitative estimate of drug-likeness (QED) is 0.755. The highest BCUT2D eigenvalue weighted by molar-refractivity contribution is 7.98. The average Bonchev–Trinajstić information content (AvgIpc) is 2.39. The van der Waals surface area contributed by atoms with E-state index in [1.54, 1.807) is 0 Å². The number of benzene rings is 1. The van der Waals surface area contributed by atoms with Crippen LogP contribution in [0.25, 0.3) is 0 Å². The zero-order chi connectivity index (χ0) is 11.9. The molecule has 94 valence electrons. The van der Waals surface area contributed by atoms with E-state index in [2.05, 4.69) is 29.6 Å². The summed E-state index contributed by atoms with van der Waals surface area (Å²) in [6, 6.07) is 9.06. The smallest absolute Gasteiger partial charge is 0.0698 e. The van der Waals surface area contributed by atoms with Crippen LogP contribution in [-0.2, 0) is 10.5 Å². The maximum Gasteiger partial charge on any atom is 0.0698 e. The van der Waals surface area contributed by atoms with Crippen LogP contribution in [0.3, 0.4) is 0 Å². The largest absolute Gasteiger partial charge is 0.394 e. The van der Waals surface area contributed by atoms with Crippen LogP contribution < -0.4 is 5.32 Å². The number of ether oxygens (including phenoxy) is 1. The van der Waals surface area contributed by atoms with E-state index in [4.69, 9.17) is 9.84 Å². The van der Waals surface area contributed by atoms with Crippen molar-refractivity contribution in [3.8, 4) is 0 Å². The highest BCUT2D eigenvalue weighted by atomic mass is 32.2. The van der Waals surface area contributed by atoms with Crippen LogP contribution in [-0.4, -0.2) is 37.2 Å². The highest BCUT2D eigenvalue weighted by Gasteiger charge is 2.18. The van der Waals surface area contributed by atoms with Crippen molar-refractivity contribution < 1.29 is 9.84 Å². The SMILES string of the molecule is OCCOCCNC1CSCc2ccccc21. The molecule has 1 unspecified atom stereocenters. The molecule has 3 nitrogen and oxygen atoms in total. The van der Waals surface area contributed by atoms with Gasteiger partial charge >= 0.3 is 0 Å². The predicted molar refractivity (Wildman–Crippen MR) is 71.3 cm³/mol. The molecule has 1 aromatic carbocycles. The Morgan fingerprint density at radius 2 is 2.24 bits per heavy atom. The van der Waals surface area contributed by atoms with Gasteiger partial charge in [-0.1, -0.05) is 24.3 Å². The first kappa shape index (κ1) is 12.9. The van der Waals surface area contributed by atoms with E-state index >= 15 is 0 Å². The number of nitrogens with one attached hydrogen (secondary N) is 1. The van der Waals surface area contributed by atoms with Crippen molar-refractivity contribution in [1.82, 2.24) is 5.32 Å².